The molecule has 2 aromatic carbocycles. The number of hydrogen-bond donors (Lipinski definition) is 1. The molecule has 1 N–H and O–H groups in total. The van der Waals surface area contributed by atoms with Gasteiger partial charge in [0.15, 0.2) is 0 Å². The van der Waals surface area contributed by atoms with E-state index in [2.05, 4.69) is 65.5 Å². The van der Waals surface area contributed by atoms with Gasteiger partial charge in [-0.3, -0.25) is 5.32 Å². The Labute approximate surface area is 150 Å². The van der Waals surface area contributed by atoms with Gasteiger partial charge in [0.2, 0.25) is 0 Å². The molecular weight excluding hydrogens is 332 g/mol. The SMILES string of the molecule is Cc1ccc2cc(C3NCc4c(Cl)cccc4-n4cccc43)oc2c1. The Balaban J connectivity index is 1.67. The number of nitrogens with one attached hydrogen (secondary N) is 1. The van der Waals surface area contributed by atoms with E-state index in [4.69, 9.17) is 16.0 Å². The number of furan rings is 1. The van der Waals surface area contributed by atoms with Crippen molar-refractivity contribution >= 4 is 22.6 Å². The maximum atomic E-state index is 6.45. The maximum absolute atomic E-state index is 6.45. The highest BCUT2D eigenvalue weighted by atomic mass is 35.5. The summed E-state index contributed by atoms with van der Waals surface area (Å²) in [4.78, 5) is 0. The van der Waals surface area contributed by atoms with E-state index in [0.717, 1.165) is 38.7 Å². The van der Waals surface area contributed by atoms with E-state index < -0.39 is 0 Å². The number of benzene rings is 2. The highest BCUT2D eigenvalue weighted by Crippen LogP contribution is 2.35. The molecule has 0 bridgehead atoms. The fourth-order valence-electron chi connectivity index (χ4n) is 3.65. The number of halogens is 1. The van der Waals surface area contributed by atoms with Gasteiger partial charge in [0.05, 0.1) is 5.69 Å². The van der Waals surface area contributed by atoms with Crippen molar-refractivity contribution < 1.29 is 4.42 Å². The van der Waals surface area contributed by atoms with Crippen LogP contribution in [0.3, 0.4) is 0 Å². The minimum atomic E-state index is -0.0221. The number of aryl methyl sites for hydroxylation is 1. The predicted octanol–water partition coefficient (Wildman–Crippen LogP) is 5.38. The first-order valence-electron chi connectivity index (χ1n) is 8.39. The smallest absolute Gasteiger partial charge is 0.134 e. The summed E-state index contributed by atoms with van der Waals surface area (Å²) < 4.78 is 8.39. The van der Waals surface area contributed by atoms with Crippen LogP contribution in [-0.2, 0) is 6.54 Å². The van der Waals surface area contributed by atoms with E-state index in [-0.39, 0.29) is 6.04 Å². The molecule has 0 saturated carbocycles. The van der Waals surface area contributed by atoms with Crippen LogP contribution in [0.15, 0.2) is 65.2 Å². The normalized spacial score (nSPS) is 16.5. The minimum Gasteiger partial charge on any atom is -0.459 e. The summed E-state index contributed by atoms with van der Waals surface area (Å²) in [5, 5.41) is 5.52. The number of nitrogens with zero attached hydrogens (tertiary/aromatic N) is 1. The van der Waals surface area contributed by atoms with Crippen LogP contribution < -0.4 is 5.32 Å². The Morgan fingerprint density at radius 2 is 2.04 bits per heavy atom. The van der Waals surface area contributed by atoms with Crippen LogP contribution in [-0.4, -0.2) is 4.57 Å². The van der Waals surface area contributed by atoms with Gasteiger partial charge in [-0.2, -0.15) is 0 Å². The zero-order valence-electron chi connectivity index (χ0n) is 13.8. The maximum Gasteiger partial charge on any atom is 0.134 e. The van der Waals surface area contributed by atoms with Crippen LogP contribution in [0.5, 0.6) is 0 Å². The molecule has 3 heterocycles. The lowest BCUT2D eigenvalue weighted by atomic mass is 10.1. The predicted molar refractivity (Wildman–Crippen MR) is 100 cm³/mol. The van der Waals surface area contributed by atoms with Crippen molar-refractivity contribution in [1.29, 1.82) is 0 Å². The summed E-state index contributed by atoms with van der Waals surface area (Å²) in [6.45, 7) is 2.77. The van der Waals surface area contributed by atoms with Gasteiger partial charge in [-0.15, -0.1) is 0 Å². The summed E-state index contributed by atoms with van der Waals surface area (Å²) >= 11 is 6.45. The van der Waals surface area contributed by atoms with Crippen molar-refractivity contribution in [1.82, 2.24) is 9.88 Å². The molecule has 124 valence electrons. The van der Waals surface area contributed by atoms with Gasteiger partial charge in [0.1, 0.15) is 17.4 Å². The fourth-order valence-corrected chi connectivity index (χ4v) is 3.89. The molecule has 3 nitrogen and oxygen atoms in total. The topological polar surface area (TPSA) is 30.1 Å². The first kappa shape index (κ1) is 14.8. The summed E-state index contributed by atoms with van der Waals surface area (Å²) in [6, 6.07) is 18.6. The molecule has 1 aliphatic heterocycles. The van der Waals surface area contributed by atoms with Gasteiger partial charge in [0, 0.05) is 34.4 Å². The van der Waals surface area contributed by atoms with Gasteiger partial charge in [0.25, 0.3) is 0 Å². The lowest BCUT2D eigenvalue weighted by Crippen LogP contribution is -2.20. The first-order chi connectivity index (χ1) is 12.2. The number of aromatic nitrogens is 1. The van der Waals surface area contributed by atoms with Crippen LogP contribution in [0.25, 0.3) is 16.7 Å². The zero-order valence-corrected chi connectivity index (χ0v) is 14.5. The average molecular weight is 349 g/mol. The molecule has 2 aromatic heterocycles. The number of fused-ring (bicyclic) bond motifs is 4. The van der Waals surface area contributed by atoms with E-state index in [1.165, 1.54) is 5.56 Å². The molecule has 0 amide bonds. The van der Waals surface area contributed by atoms with Gasteiger partial charge < -0.3 is 8.98 Å². The van der Waals surface area contributed by atoms with Crippen LogP contribution in [0.4, 0.5) is 0 Å². The molecule has 0 spiro atoms. The fraction of sp³-hybridized carbons (Fsp3) is 0.143. The quantitative estimate of drug-likeness (QED) is 0.500. The highest BCUT2D eigenvalue weighted by molar-refractivity contribution is 6.31. The van der Waals surface area contributed by atoms with Crippen LogP contribution in [0.1, 0.15) is 28.6 Å². The third kappa shape index (κ3) is 2.31. The second kappa shape index (κ2) is 5.51. The minimum absolute atomic E-state index is 0.0221. The summed E-state index contributed by atoms with van der Waals surface area (Å²) in [6.07, 6.45) is 2.08. The summed E-state index contributed by atoms with van der Waals surface area (Å²) in [7, 11) is 0. The highest BCUT2D eigenvalue weighted by Gasteiger charge is 2.26. The third-order valence-corrected chi connectivity index (χ3v) is 5.25. The molecule has 5 rings (SSSR count). The van der Waals surface area contributed by atoms with Crippen molar-refractivity contribution in [2.75, 3.05) is 0 Å². The van der Waals surface area contributed by atoms with Gasteiger partial charge >= 0.3 is 0 Å². The van der Waals surface area contributed by atoms with E-state index in [1.54, 1.807) is 0 Å². The van der Waals surface area contributed by atoms with Crippen molar-refractivity contribution in [2.24, 2.45) is 0 Å². The molecule has 0 aliphatic carbocycles. The summed E-state index contributed by atoms with van der Waals surface area (Å²) in [5.41, 5.74) is 5.50. The van der Waals surface area contributed by atoms with Gasteiger partial charge in [-0.05, 0) is 48.9 Å². The Morgan fingerprint density at radius 3 is 2.96 bits per heavy atom. The Bertz CT molecular complexity index is 1090. The molecule has 4 heteroatoms. The largest absolute Gasteiger partial charge is 0.459 e. The zero-order chi connectivity index (χ0) is 17.0. The monoisotopic (exact) mass is 348 g/mol. The lowest BCUT2D eigenvalue weighted by Gasteiger charge is -2.14. The second-order valence-corrected chi connectivity index (χ2v) is 6.95. The Hall–Kier alpha value is -2.49. The van der Waals surface area contributed by atoms with Crippen molar-refractivity contribution in [3.8, 4) is 5.69 Å². The van der Waals surface area contributed by atoms with E-state index in [1.807, 2.05) is 12.1 Å². The lowest BCUT2D eigenvalue weighted by molar-refractivity contribution is 0.465. The van der Waals surface area contributed by atoms with Crippen molar-refractivity contribution in [3.05, 3.63) is 88.4 Å². The average Bonchev–Trinajstić information content (AvgIpc) is 3.20. The van der Waals surface area contributed by atoms with E-state index in [9.17, 15) is 0 Å². The van der Waals surface area contributed by atoms with Gasteiger partial charge in [-0.1, -0.05) is 29.8 Å². The molecular formula is C21H17ClN2O. The van der Waals surface area contributed by atoms with Crippen LogP contribution in [0.2, 0.25) is 5.02 Å². The van der Waals surface area contributed by atoms with E-state index >= 15 is 0 Å². The van der Waals surface area contributed by atoms with Gasteiger partial charge in [-0.25, -0.2) is 0 Å². The Kier molecular flexibility index (Phi) is 3.27. The Morgan fingerprint density at radius 1 is 1.12 bits per heavy atom. The molecule has 25 heavy (non-hydrogen) atoms. The second-order valence-electron chi connectivity index (χ2n) is 6.54. The molecule has 4 aromatic rings. The molecule has 0 radical (unpaired) electrons. The van der Waals surface area contributed by atoms with Crippen LogP contribution in [0, 0.1) is 6.92 Å². The van der Waals surface area contributed by atoms with Crippen molar-refractivity contribution in [3.63, 3.8) is 0 Å². The van der Waals surface area contributed by atoms with Crippen LogP contribution >= 0.6 is 11.6 Å². The number of rotatable bonds is 1. The molecule has 0 saturated heterocycles. The molecule has 0 fully saturated rings. The summed E-state index contributed by atoms with van der Waals surface area (Å²) in [5.74, 6) is 0.921. The van der Waals surface area contributed by atoms with Crippen molar-refractivity contribution in [2.45, 2.75) is 19.5 Å². The molecule has 1 atom stereocenters. The van der Waals surface area contributed by atoms with E-state index in [0.29, 0.717) is 6.54 Å². The first-order valence-corrected chi connectivity index (χ1v) is 8.77. The molecule has 1 unspecified atom stereocenters. The standard InChI is InChI=1S/C21H17ClN2O/c1-13-7-8-14-11-20(25-19(14)10-13)21-18-6-3-9-24(18)17-5-2-4-16(22)15(17)12-23-21/h2-11,21,23H,12H2,1H3. The number of hydrogen-bond acceptors (Lipinski definition) is 2. The third-order valence-electron chi connectivity index (χ3n) is 4.89. The molecule has 1 aliphatic rings.